The molecule has 0 aliphatic heterocycles. The first-order valence-electron chi connectivity index (χ1n) is 9.77. The van der Waals surface area contributed by atoms with Crippen LogP contribution in [0.1, 0.15) is 40.6 Å². The Balaban J connectivity index is 1.45. The zero-order valence-electron chi connectivity index (χ0n) is 16.5. The van der Waals surface area contributed by atoms with Gasteiger partial charge in [0, 0.05) is 11.1 Å². The van der Waals surface area contributed by atoms with Crippen LogP contribution in [0.5, 0.6) is 0 Å². The number of hydrogen-bond donors (Lipinski definition) is 1. The van der Waals surface area contributed by atoms with Gasteiger partial charge in [-0.05, 0) is 56.4 Å². The van der Waals surface area contributed by atoms with E-state index in [0.29, 0.717) is 33.8 Å². The van der Waals surface area contributed by atoms with Crippen molar-refractivity contribution in [1.82, 2.24) is 9.97 Å². The van der Waals surface area contributed by atoms with Gasteiger partial charge in [0.2, 0.25) is 5.91 Å². The quantitative estimate of drug-likeness (QED) is 0.324. The maximum Gasteiger partial charge on any atom is 0.341 e. The molecule has 0 atom stereocenters. The lowest BCUT2D eigenvalue weighted by Crippen LogP contribution is -2.17. The number of thiophene rings is 1. The molecular weight excluding hydrogens is 422 g/mol. The minimum atomic E-state index is -0.366. The number of thioether (sulfide) groups is 1. The lowest BCUT2D eigenvalue weighted by Gasteiger charge is -2.12. The third-order valence-electron chi connectivity index (χ3n) is 4.64. The van der Waals surface area contributed by atoms with E-state index in [1.54, 1.807) is 31.5 Å². The molecule has 0 saturated heterocycles. The van der Waals surface area contributed by atoms with Gasteiger partial charge in [0.05, 0.1) is 24.2 Å². The normalized spacial score (nSPS) is 13.0. The molecule has 0 radical (unpaired) electrons. The van der Waals surface area contributed by atoms with E-state index >= 15 is 0 Å². The molecule has 3 heterocycles. The molecule has 7 nitrogen and oxygen atoms in total. The topological polar surface area (TPSA) is 94.3 Å². The largest absolute Gasteiger partial charge is 0.463 e. The highest BCUT2D eigenvalue weighted by atomic mass is 32.2. The monoisotopic (exact) mass is 443 g/mol. The molecule has 3 aromatic rings. The lowest BCUT2D eigenvalue weighted by atomic mass is 9.95. The summed E-state index contributed by atoms with van der Waals surface area (Å²) in [7, 11) is 0. The van der Waals surface area contributed by atoms with Crippen molar-refractivity contribution in [3.8, 4) is 11.5 Å². The van der Waals surface area contributed by atoms with Crippen LogP contribution in [0, 0.1) is 0 Å². The van der Waals surface area contributed by atoms with E-state index in [0.717, 1.165) is 31.2 Å². The summed E-state index contributed by atoms with van der Waals surface area (Å²) < 4.78 is 10.6. The van der Waals surface area contributed by atoms with Gasteiger partial charge in [-0.2, -0.15) is 0 Å². The first-order valence-corrected chi connectivity index (χ1v) is 11.6. The van der Waals surface area contributed by atoms with Crippen molar-refractivity contribution in [3.05, 3.63) is 46.7 Å². The molecule has 3 aromatic heterocycles. The number of esters is 1. The minimum Gasteiger partial charge on any atom is -0.463 e. The third kappa shape index (κ3) is 4.57. The van der Waals surface area contributed by atoms with E-state index in [1.807, 2.05) is 6.07 Å². The van der Waals surface area contributed by atoms with Crippen LogP contribution in [0.2, 0.25) is 0 Å². The molecular formula is C21H21N3O4S2. The van der Waals surface area contributed by atoms with Crippen molar-refractivity contribution < 1.29 is 18.7 Å². The highest BCUT2D eigenvalue weighted by molar-refractivity contribution is 7.99. The zero-order chi connectivity index (χ0) is 20.9. The number of nitrogens with zero attached hydrogens (tertiary/aromatic N) is 2. The van der Waals surface area contributed by atoms with Crippen molar-refractivity contribution in [2.24, 2.45) is 0 Å². The number of aryl methyl sites for hydroxylation is 1. The van der Waals surface area contributed by atoms with Crippen LogP contribution in [0.4, 0.5) is 5.00 Å². The van der Waals surface area contributed by atoms with Crippen LogP contribution in [-0.2, 0) is 22.4 Å². The fourth-order valence-corrected chi connectivity index (χ4v) is 5.26. The Morgan fingerprint density at radius 1 is 1.30 bits per heavy atom. The molecule has 1 amide bonds. The summed E-state index contributed by atoms with van der Waals surface area (Å²) in [5.74, 6) is 0.198. The molecule has 0 unspecified atom stereocenters. The summed E-state index contributed by atoms with van der Waals surface area (Å²) in [6.07, 6.45) is 7.14. The molecule has 4 rings (SSSR count). The number of hydrogen-bond acceptors (Lipinski definition) is 8. The Hall–Kier alpha value is -2.65. The Bertz CT molecular complexity index is 1050. The minimum absolute atomic E-state index is 0.131. The van der Waals surface area contributed by atoms with Gasteiger partial charge < -0.3 is 14.5 Å². The van der Waals surface area contributed by atoms with Gasteiger partial charge in [-0.15, -0.1) is 11.3 Å². The summed E-state index contributed by atoms with van der Waals surface area (Å²) in [5.41, 5.74) is 2.21. The van der Waals surface area contributed by atoms with Crippen molar-refractivity contribution >= 4 is 40.0 Å². The molecule has 0 aromatic carbocycles. The fraction of sp³-hybridized carbons (Fsp3) is 0.333. The van der Waals surface area contributed by atoms with Crippen LogP contribution in [0.3, 0.4) is 0 Å². The SMILES string of the molecule is CCOC(=O)c1c(NC(=O)CSc2nccc(-c3ccco3)n2)sc2c1CCCC2. The van der Waals surface area contributed by atoms with E-state index in [4.69, 9.17) is 9.15 Å². The number of carbonyl (C=O) groups excluding carboxylic acids is 2. The smallest absolute Gasteiger partial charge is 0.341 e. The first kappa shape index (κ1) is 20.6. The predicted molar refractivity (Wildman–Crippen MR) is 116 cm³/mol. The van der Waals surface area contributed by atoms with E-state index in [9.17, 15) is 9.59 Å². The first-order chi connectivity index (χ1) is 14.7. The van der Waals surface area contributed by atoms with Crippen LogP contribution in [0.15, 0.2) is 40.2 Å². The number of aromatic nitrogens is 2. The number of fused-ring (bicyclic) bond motifs is 1. The van der Waals surface area contributed by atoms with E-state index < -0.39 is 0 Å². The Kier molecular flexibility index (Phi) is 6.49. The lowest BCUT2D eigenvalue weighted by molar-refractivity contribution is -0.113. The van der Waals surface area contributed by atoms with Crippen molar-refractivity contribution in [1.29, 1.82) is 0 Å². The predicted octanol–water partition coefficient (Wildman–Crippen LogP) is 4.58. The molecule has 0 saturated carbocycles. The molecule has 30 heavy (non-hydrogen) atoms. The average Bonchev–Trinajstić information content (AvgIpc) is 3.40. The van der Waals surface area contributed by atoms with Crippen molar-refractivity contribution in [2.75, 3.05) is 17.7 Å². The maximum atomic E-state index is 12.6. The molecule has 1 aliphatic carbocycles. The second kappa shape index (κ2) is 9.44. The molecule has 0 spiro atoms. The molecule has 1 N–H and O–H groups in total. The molecule has 0 fully saturated rings. The Labute approximate surface area is 182 Å². The molecule has 156 valence electrons. The van der Waals surface area contributed by atoms with E-state index in [-0.39, 0.29) is 17.6 Å². The summed E-state index contributed by atoms with van der Waals surface area (Å²) in [5, 5.41) is 3.96. The number of nitrogens with one attached hydrogen (secondary N) is 1. The summed E-state index contributed by atoms with van der Waals surface area (Å²) in [6, 6.07) is 5.36. The van der Waals surface area contributed by atoms with Gasteiger partial charge in [-0.3, -0.25) is 4.79 Å². The fourth-order valence-electron chi connectivity index (χ4n) is 3.34. The second-order valence-electron chi connectivity index (χ2n) is 6.67. The second-order valence-corrected chi connectivity index (χ2v) is 8.72. The van der Waals surface area contributed by atoms with Crippen LogP contribution in [-0.4, -0.2) is 34.2 Å². The van der Waals surface area contributed by atoms with Gasteiger partial charge in [0.1, 0.15) is 10.7 Å². The van der Waals surface area contributed by atoms with E-state index in [2.05, 4.69) is 15.3 Å². The molecule has 0 bridgehead atoms. The Morgan fingerprint density at radius 3 is 2.97 bits per heavy atom. The van der Waals surface area contributed by atoms with Crippen molar-refractivity contribution in [2.45, 2.75) is 37.8 Å². The highest BCUT2D eigenvalue weighted by Gasteiger charge is 2.27. The summed E-state index contributed by atoms with van der Waals surface area (Å²) in [4.78, 5) is 34.9. The van der Waals surface area contributed by atoms with Gasteiger partial charge >= 0.3 is 5.97 Å². The highest BCUT2D eigenvalue weighted by Crippen LogP contribution is 2.38. The van der Waals surface area contributed by atoms with Crippen LogP contribution in [0.25, 0.3) is 11.5 Å². The van der Waals surface area contributed by atoms with Gasteiger partial charge in [-0.1, -0.05) is 11.8 Å². The third-order valence-corrected chi connectivity index (χ3v) is 6.71. The summed E-state index contributed by atoms with van der Waals surface area (Å²) in [6.45, 7) is 2.08. The number of ether oxygens (including phenoxy) is 1. The molecule has 1 aliphatic rings. The number of carbonyl (C=O) groups is 2. The number of anilines is 1. The van der Waals surface area contributed by atoms with Gasteiger partial charge in [0.25, 0.3) is 0 Å². The van der Waals surface area contributed by atoms with Crippen LogP contribution >= 0.6 is 23.1 Å². The van der Waals surface area contributed by atoms with Gasteiger partial charge in [0.15, 0.2) is 10.9 Å². The molecule has 9 heteroatoms. The summed E-state index contributed by atoms with van der Waals surface area (Å²) >= 11 is 2.71. The Morgan fingerprint density at radius 2 is 2.17 bits per heavy atom. The maximum absolute atomic E-state index is 12.6. The zero-order valence-corrected chi connectivity index (χ0v) is 18.1. The van der Waals surface area contributed by atoms with Crippen LogP contribution < -0.4 is 5.32 Å². The van der Waals surface area contributed by atoms with Crippen molar-refractivity contribution in [3.63, 3.8) is 0 Å². The van der Waals surface area contributed by atoms with E-state index in [1.165, 1.54) is 28.0 Å². The average molecular weight is 444 g/mol. The number of furan rings is 1. The number of rotatable bonds is 7. The van der Waals surface area contributed by atoms with Gasteiger partial charge in [-0.25, -0.2) is 14.8 Å². The standard InChI is InChI=1S/C21H21N3O4S2/c1-2-27-20(26)18-13-6-3-4-8-16(13)30-19(18)24-17(25)12-29-21-22-10-9-14(23-21)15-7-5-11-28-15/h5,7,9-11H,2-4,6,8,12H2,1H3,(H,24,25). The number of amides is 1.